The van der Waals surface area contributed by atoms with Crippen LogP contribution in [0.2, 0.25) is 0 Å². The van der Waals surface area contributed by atoms with Crippen LogP contribution in [0, 0.1) is 5.41 Å². The first-order valence-corrected chi connectivity index (χ1v) is 9.90. The van der Waals surface area contributed by atoms with Gasteiger partial charge in [-0.3, -0.25) is 4.79 Å². The largest absolute Gasteiger partial charge is 0.477 e. The number of hydrogen-bond acceptors (Lipinski definition) is 4. The van der Waals surface area contributed by atoms with Gasteiger partial charge in [0.05, 0.1) is 12.1 Å². The van der Waals surface area contributed by atoms with Gasteiger partial charge >= 0.3 is 23.3 Å². The van der Waals surface area contributed by atoms with E-state index in [2.05, 4.69) is 10.4 Å². The number of nitrogens with one attached hydrogen (secondary N) is 2. The molecule has 8 nitrogen and oxygen atoms in total. The smallest absolute Gasteiger partial charge is 0.405 e. The molecule has 3 heterocycles. The Morgan fingerprint density at radius 2 is 1.97 bits per heavy atom. The zero-order chi connectivity index (χ0) is 22.0. The molecule has 0 spiro atoms. The third-order valence-corrected chi connectivity index (χ3v) is 5.23. The zero-order valence-electron chi connectivity index (χ0n) is 17.1. The molecular formula is C19H25F3N5O3+. The third-order valence-electron chi connectivity index (χ3n) is 5.23. The fourth-order valence-corrected chi connectivity index (χ4v) is 3.87. The van der Waals surface area contributed by atoms with Gasteiger partial charge in [0.1, 0.15) is 6.54 Å². The molecule has 0 bridgehead atoms. The molecule has 1 saturated carbocycles. The number of halogens is 3. The van der Waals surface area contributed by atoms with Crippen molar-refractivity contribution < 1.29 is 27.6 Å². The number of anilines is 1. The molecule has 11 heteroatoms. The van der Waals surface area contributed by atoms with E-state index in [0.717, 1.165) is 22.3 Å². The van der Waals surface area contributed by atoms with E-state index in [4.69, 9.17) is 0 Å². The maximum Gasteiger partial charge on any atom is 0.405 e. The first-order chi connectivity index (χ1) is 13.9. The predicted octanol–water partition coefficient (Wildman–Crippen LogP) is 1.48. The number of nitrogens with zero attached hydrogens (tertiary/aromatic N) is 3. The lowest BCUT2D eigenvalue weighted by Crippen LogP contribution is -2.48. The number of amides is 1. The second kappa shape index (κ2) is 6.64. The van der Waals surface area contributed by atoms with E-state index in [-0.39, 0.29) is 42.4 Å². The second-order valence-electron chi connectivity index (χ2n) is 9.28. The topological polar surface area (TPSA) is 93.7 Å². The molecule has 1 amide bonds. The number of fused-ring (bicyclic) bond motifs is 3. The second-order valence-corrected chi connectivity index (χ2v) is 9.28. The Bertz CT molecular complexity index is 1080. The fourth-order valence-electron chi connectivity index (χ4n) is 3.87. The Labute approximate surface area is 170 Å². The molecule has 0 radical (unpaired) electrons. The van der Waals surface area contributed by atoms with E-state index in [1.165, 1.54) is 4.57 Å². The van der Waals surface area contributed by atoms with Gasteiger partial charge in [-0.15, -0.1) is 0 Å². The van der Waals surface area contributed by atoms with Crippen LogP contribution in [0.1, 0.15) is 49.5 Å². The van der Waals surface area contributed by atoms with Crippen LogP contribution < -0.4 is 20.3 Å². The zero-order valence-corrected chi connectivity index (χ0v) is 17.1. The number of aromatic nitrogens is 3. The molecule has 4 rings (SSSR count). The van der Waals surface area contributed by atoms with Crippen LogP contribution in [0.5, 0.6) is 5.88 Å². The Kier molecular flexibility index (Phi) is 4.55. The van der Waals surface area contributed by atoms with Gasteiger partial charge in [0.2, 0.25) is 5.56 Å². The normalized spacial score (nSPS) is 16.9. The number of carbonyl (C=O) groups is 1. The lowest BCUT2D eigenvalue weighted by Gasteiger charge is -2.18. The van der Waals surface area contributed by atoms with Crippen LogP contribution in [-0.2, 0) is 13.0 Å². The van der Waals surface area contributed by atoms with Crippen molar-refractivity contribution in [2.45, 2.75) is 58.8 Å². The summed E-state index contributed by atoms with van der Waals surface area (Å²) in [6.07, 6.45) is -2.50. The molecule has 2 aliphatic rings. The van der Waals surface area contributed by atoms with Crippen molar-refractivity contribution in [3.8, 4) is 5.88 Å². The summed E-state index contributed by atoms with van der Waals surface area (Å²) in [6, 6.07) is -0.0241. The van der Waals surface area contributed by atoms with E-state index < -0.39 is 35.6 Å². The van der Waals surface area contributed by atoms with Gasteiger partial charge in [-0.2, -0.15) is 17.7 Å². The van der Waals surface area contributed by atoms with Crippen molar-refractivity contribution in [3.05, 3.63) is 21.5 Å². The molecule has 30 heavy (non-hydrogen) atoms. The lowest BCUT2D eigenvalue weighted by molar-refractivity contribution is -0.692. The van der Waals surface area contributed by atoms with Crippen LogP contribution in [0.15, 0.2) is 4.79 Å². The molecule has 0 atom stereocenters. The van der Waals surface area contributed by atoms with E-state index in [0.29, 0.717) is 5.56 Å². The number of aromatic amines is 1. The number of H-pyrrole nitrogens is 1. The summed E-state index contributed by atoms with van der Waals surface area (Å²) in [7, 11) is 0. The van der Waals surface area contributed by atoms with Crippen molar-refractivity contribution in [1.82, 2.24) is 14.9 Å². The Morgan fingerprint density at radius 3 is 2.53 bits per heavy atom. The molecule has 0 unspecified atom stereocenters. The van der Waals surface area contributed by atoms with Crippen molar-refractivity contribution in [2.24, 2.45) is 5.41 Å². The minimum Gasteiger partial charge on any atom is -0.477 e. The van der Waals surface area contributed by atoms with Crippen molar-refractivity contribution in [3.63, 3.8) is 0 Å². The van der Waals surface area contributed by atoms with Crippen LogP contribution in [0.3, 0.4) is 0 Å². The summed E-state index contributed by atoms with van der Waals surface area (Å²) in [5.74, 6) is -0.964. The number of carbonyl (C=O) groups excluding carboxylic acids is 1. The highest BCUT2D eigenvalue weighted by Gasteiger charge is 2.41. The maximum atomic E-state index is 13.1. The summed E-state index contributed by atoms with van der Waals surface area (Å²) >= 11 is 0. The first-order valence-electron chi connectivity index (χ1n) is 9.90. The number of hydrogen-bond donors (Lipinski definition) is 3. The minimum absolute atomic E-state index is 0.0241. The maximum absolute atomic E-state index is 13.1. The Hall–Kier alpha value is -2.72. The number of aromatic hydroxyl groups is 1. The summed E-state index contributed by atoms with van der Waals surface area (Å²) in [4.78, 5) is 26.8. The van der Waals surface area contributed by atoms with Gasteiger partial charge in [0.15, 0.2) is 5.82 Å². The molecule has 2 aromatic rings. The average Bonchev–Trinajstić information content (AvgIpc) is 3.19. The van der Waals surface area contributed by atoms with Gasteiger partial charge in [-0.05, 0) is 18.3 Å². The van der Waals surface area contributed by atoms with E-state index in [1.54, 1.807) is 0 Å². The molecule has 0 saturated heterocycles. The van der Waals surface area contributed by atoms with Crippen LogP contribution in [-0.4, -0.2) is 45.9 Å². The number of rotatable bonds is 4. The summed E-state index contributed by atoms with van der Waals surface area (Å²) in [6.45, 7) is 5.03. The molecule has 164 valence electrons. The van der Waals surface area contributed by atoms with Crippen LogP contribution in [0.4, 0.5) is 19.0 Å². The molecular weight excluding hydrogens is 403 g/mol. The number of alkyl halides is 3. The Balaban J connectivity index is 1.92. The molecule has 2 aromatic heterocycles. The molecule has 0 aromatic carbocycles. The summed E-state index contributed by atoms with van der Waals surface area (Å²) in [5.41, 5.74) is -0.725. The van der Waals surface area contributed by atoms with Gasteiger partial charge in [0, 0.05) is 19.0 Å². The van der Waals surface area contributed by atoms with Gasteiger partial charge < -0.3 is 15.3 Å². The highest BCUT2D eigenvalue weighted by atomic mass is 19.4. The van der Waals surface area contributed by atoms with E-state index in [9.17, 15) is 27.9 Å². The molecule has 1 aliphatic heterocycles. The fraction of sp³-hybridized carbons (Fsp3) is 0.632. The van der Waals surface area contributed by atoms with E-state index in [1.807, 2.05) is 20.8 Å². The molecule has 1 fully saturated rings. The van der Waals surface area contributed by atoms with Crippen molar-refractivity contribution in [1.29, 1.82) is 0 Å². The van der Waals surface area contributed by atoms with Crippen molar-refractivity contribution >= 4 is 17.4 Å². The average molecular weight is 428 g/mol. The quantitative estimate of drug-likeness (QED) is 0.644. The summed E-state index contributed by atoms with van der Waals surface area (Å²) < 4.78 is 41.5. The van der Waals surface area contributed by atoms with Crippen LogP contribution in [0.25, 0.3) is 5.65 Å². The van der Waals surface area contributed by atoms with Crippen LogP contribution >= 0.6 is 0 Å². The standard InChI is InChI=1S/C19H24F3N5O3/c1-18(2,3)8-26-15-11-6-7-25(9-19(20,21)22)13(11)24-27(15)17(30)12(16(26)29)14(28)23-10-4-5-10/h10H,4-9H2,1-3H3,(H2,23,28,29,30)/p+1. The highest BCUT2D eigenvalue weighted by molar-refractivity contribution is 5.96. The van der Waals surface area contributed by atoms with Gasteiger partial charge in [-0.25, -0.2) is 9.89 Å². The monoisotopic (exact) mass is 428 g/mol. The minimum atomic E-state index is -4.40. The SMILES string of the molecule is CC(C)(C)C[n+]1c(O)c(C(=O)NC2CC2)c(=O)n2[nH]c3c(c21)CCN3CC(F)(F)F. The third kappa shape index (κ3) is 3.72. The van der Waals surface area contributed by atoms with E-state index >= 15 is 0 Å². The Morgan fingerprint density at radius 1 is 1.30 bits per heavy atom. The van der Waals surface area contributed by atoms with Gasteiger partial charge in [-0.1, -0.05) is 25.3 Å². The summed E-state index contributed by atoms with van der Waals surface area (Å²) in [5, 5.41) is 16.4. The van der Waals surface area contributed by atoms with Crippen molar-refractivity contribution in [2.75, 3.05) is 18.0 Å². The lowest BCUT2D eigenvalue weighted by atomic mass is 9.96. The first kappa shape index (κ1) is 20.5. The molecule has 1 aliphatic carbocycles. The predicted molar refractivity (Wildman–Crippen MR) is 102 cm³/mol. The molecule has 3 N–H and O–H groups in total. The highest BCUT2D eigenvalue weighted by Crippen LogP contribution is 2.32. The van der Waals surface area contributed by atoms with Gasteiger partial charge in [0.25, 0.3) is 5.91 Å².